The summed E-state index contributed by atoms with van der Waals surface area (Å²) in [7, 11) is 5.93. The molecule has 2 aromatic rings. The number of carbonyl (C=O) groups excluding carboxylic acids is 1. The van der Waals surface area contributed by atoms with E-state index in [1.54, 1.807) is 12.1 Å². The zero-order chi connectivity index (χ0) is 27.2. The topological polar surface area (TPSA) is 151 Å². The molecular formula is C25H32N2O10. The van der Waals surface area contributed by atoms with E-state index in [-0.39, 0.29) is 18.0 Å². The maximum atomic E-state index is 13.4. The highest BCUT2D eigenvalue weighted by Gasteiger charge is 2.59. The molecule has 2 N–H and O–H groups in total. The number of ether oxygens (including phenoxy) is 7. The Morgan fingerprint density at radius 2 is 1.76 bits per heavy atom. The highest BCUT2D eigenvalue weighted by atomic mass is 16.6. The minimum atomic E-state index is -1.57. The fourth-order valence-corrected chi connectivity index (χ4v) is 4.32. The number of esters is 1. The number of nitro benzene ring substituents is 1. The molecular weight excluding hydrogens is 488 g/mol. The first-order valence-electron chi connectivity index (χ1n) is 11.6. The van der Waals surface area contributed by atoms with Crippen LogP contribution in [0.15, 0.2) is 36.4 Å². The van der Waals surface area contributed by atoms with E-state index in [2.05, 4.69) is 0 Å². The van der Waals surface area contributed by atoms with Gasteiger partial charge in [-0.05, 0) is 36.2 Å². The van der Waals surface area contributed by atoms with Gasteiger partial charge in [0.15, 0.2) is 11.5 Å². The predicted octanol–water partition coefficient (Wildman–Crippen LogP) is 2.59. The first kappa shape index (κ1) is 28.1. The molecule has 1 aliphatic heterocycles. The lowest BCUT2D eigenvalue weighted by molar-refractivity contribution is -0.384. The molecule has 1 heterocycles. The van der Waals surface area contributed by atoms with Crippen LogP contribution in [0.4, 0.5) is 5.69 Å². The van der Waals surface area contributed by atoms with Gasteiger partial charge in [0.25, 0.3) is 5.69 Å². The standard InChI is InChI=1S/C25H32N2O10/c1-6-11-35-23-20(33-4)14-36-25(23,15-12-18(31-2)21(34-5)19(13-15)32-3)22(26)24(28)37-17-9-7-16(8-10-17)27(29)30/h7-10,12-13,20,22-23H,6,11,14,26H2,1-5H3. The van der Waals surface area contributed by atoms with Crippen LogP contribution in [0, 0.1) is 10.1 Å². The summed E-state index contributed by atoms with van der Waals surface area (Å²) in [5.74, 6) is 0.234. The van der Waals surface area contributed by atoms with Crippen LogP contribution in [-0.2, 0) is 24.6 Å². The summed E-state index contributed by atoms with van der Waals surface area (Å²) in [5.41, 5.74) is 5.30. The van der Waals surface area contributed by atoms with Crippen LogP contribution < -0.4 is 24.7 Å². The van der Waals surface area contributed by atoms with Crippen molar-refractivity contribution in [3.05, 3.63) is 52.1 Å². The van der Waals surface area contributed by atoms with Gasteiger partial charge in [0.1, 0.15) is 29.6 Å². The van der Waals surface area contributed by atoms with Gasteiger partial charge in [-0.1, -0.05) is 6.92 Å². The van der Waals surface area contributed by atoms with Gasteiger partial charge < -0.3 is 38.9 Å². The molecule has 2 aromatic carbocycles. The lowest BCUT2D eigenvalue weighted by Crippen LogP contribution is -2.59. The Morgan fingerprint density at radius 1 is 1.14 bits per heavy atom. The Hall–Kier alpha value is -3.45. The largest absolute Gasteiger partial charge is 0.493 e. The average Bonchev–Trinajstić information content (AvgIpc) is 3.29. The molecule has 0 aliphatic carbocycles. The van der Waals surface area contributed by atoms with Crippen LogP contribution in [0.1, 0.15) is 18.9 Å². The lowest BCUT2D eigenvalue weighted by Gasteiger charge is -2.39. The number of non-ortho nitro benzene ring substituents is 1. The smallest absolute Gasteiger partial charge is 0.331 e. The summed E-state index contributed by atoms with van der Waals surface area (Å²) in [5, 5.41) is 11.0. The van der Waals surface area contributed by atoms with Crippen LogP contribution in [-0.4, -0.2) is 70.8 Å². The zero-order valence-corrected chi connectivity index (χ0v) is 21.4. The Labute approximate surface area is 214 Å². The molecule has 202 valence electrons. The Morgan fingerprint density at radius 3 is 2.24 bits per heavy atom. The molecule has 1 aliphatic rings. The Kier molecular flexibility index (Phi) is 9.27. The molecule has 1 fully saturated rings. The molecule has 12 heteroatoms. The minimum absolute atomic E-state index is 0.0819. The summed E-state index contributed by atoms with van der Waals surface area (Å²) < 4.78 is 40.0. The van der Waals surface area contributed by atoms with Crippen LogP contribution in [0.2, 0.25) is 0 Å². The van der Waals surface area contributed by atoms with Crippen molar-refractivity contribution in [2.45, 2.75) is 37.2 Å². The molecule has 0 saturated carbocycles. The fourth-order valence-electron chi connectivity index (χ4n) is 4.32. The minimum Gasteiger partial charge on any atom is -0.493 e. The van der Waals surface area contributed by atoms with Gasteiger partial charge in [-0.2, -0.15) is 0 Å². The average molecular weight is 521 g/mol. The SMILES string of the molecule is CCCOC1C(OC)COC1(c1cc(OC)c(OC)c(OC)c1)C(N)C(=O)Oc1ccc([N+](=O)[O-])cc1. The van der Waals surface area contributed by atoms with E-state index in [9.17, 15) is 14.9 Å². The molecule has 0 radical (unpaired) electrons. The molecule has 0 amide bonds. The molecule has 4 unspecified atom stereocenters. The van der Waals surface area contributed by atoms with Crippen LogP contribution in [0.25, 0.3) is 0 Å². The van der Waals surface area contributed by atoms with Crippen molar-refractivity contribution in [2.75, 3.05) is 41.7 Å². The number of methoxy groups -OCH3 is 4. The molecule has 4 atom stereocenters. The number of nitrogens with zero attached hydrogens (tertiary/aromatic N) is 1. The first-order valence-corrected chi connectivity index (χ1v) is 11.6. The van der Waals surface area contributed by atoms with Gasteiger partial charge in [-0.3, -0.25) is 10.1 Å². The Bertz CT molecular complexity index is 1070. The second-order valence-electron chi connectivity index (χ2n) is 8.23. The van der Waals surface area contributed by atoms with E-state index in [0.29, 0.717) is 35.8 Å². The van der Waals surface area contributed by atoms with Gasteiger partial charge >= 0.3 is 5.97 Å². The third-order valence-electron chi connectivity index (χ3n) is 6.15. The van der Waals surface area contributed by atoms with Crippen molar-refractivity contribution in [1.29, 1.82) is 0 Å². The third-order valence-corrected chi connectivity index (χ3v) is 6.15. The highest BCUT2D eigenvalue weighted by molar-refractivity contribution is 5.80. The molecule has 0 aromatic heterocycles. The molecule has 0 spiro atoms. The first-order chi connectivity index (χ1) is 17.8. The van der Waals surface area contributed by atoms with E-state index in [1.165, 1.54) is 52.7 Å². The molecule has 0 bridgehead atoms. The second kappa shape index (κ2) is 12.2. The number of benzene rings is 2. The van der Waals surface area contributed by atoms with Crippen molar-refractivity contribution in [3.8, 4) is 23.0 Å². The lowest BCUT2D eigenvalue weighted by atomic mass is 9.80. The number of nitro groups is 1. The van der Waals surface area contributed by atoms with E-state index >= 15 is 0 Å². The van der Waals surface area contributed by atoms with Crippen LogP contribution in [0.5, 0.6) is 23.0 Å². The monoisotopic (exact) mass is 520 g/mol. The Balaban J connectivity index is 2.11. The van der Waals surface area contributed by atoms with E-state index in [4.69, 9.17) is 38.9 Å². The second-order valence-corrected chi connectivity index (χ2v) is 8.23. The summed E-state index contributed by atoms with van der Waals surface area (Å²) in [4.78, 5) is 23.8. The molecule has 1 saturated heterocycles. The van der Waals surface area contributed by atoms with Crippen LogP contribution >= 0.6 is 0 Å². The van der Waals surface area contributed by atoms with Gasteiger partial charge in [0, 0.05) is 25.8 Å². The van der Waals surface area contributed by atoms with E-state index in [1.807, 2.05) is 6.92 Å². The van der Waals surface area contributed by atoms with Gasteiger partial charge in [0.2, 0.25) is 5.75 Å². The maximum Gasteiger partial charge on any atom is 0.331 e. The predicted molar refractivity (Wildman–Crippen MR) is 131 cm³/mol. The number of carbonyl (C=O) groups is 1. The van der Waals surface area contributed by atoms with Crippen molar-refractivity contribution >= 4 is 11.7 Å². The quantitative estimate of drug-likeness (QED) is 0.190. The summed E-state index contributed by atoms with van der Waals surface area (Å²) in [6.07, 6.45) is -0.663. The van der Waals surface area contributed by atoms with Crippen LogP contribution in [0.3, 0.4) is 0 Å². The maximum absolute atomic E-state index is 13.4. The van der Waals surface area contributed by atoms with Crippen molar-refractivity contribution in [3.63, 3.8) is 0 Å². The fraction of sp³-hybridized carbons (Fsp3) is 0.480. The van der Waals surface area contributed by atoms with E-state index in [0.717, 1.165) is 0 Å². The summed E-state index contributed by atoms with van der Waals surface area (Å²) in [6, 6.07) is 6.95. The van der Waals surface area contributed by atoms with E-state index < -0.39 is 34.7 Å². The van der Waals surface area contributed by atoms with Gasteiger partial charge in [0.05, 0.1) is 32.9 Å². The van der Waals surface area contributed by atoms with Gasteiger partial charge in [-0.15, -0.1) is 0 Å². The van der Waals surface area contributed by atoms with Crippen molar-refractivity contribution < 1.29 is 42.9 Å². The summed E-state index contributed by atoms with van der Waals surface area (Å²) >= 11 is 0. The summed E-state index contributed by atoms with van der Waals surface area (Å²) in [6.45, 7) is 2.38. The third kappa shape index (κ3) is 5.47. The molecule has 37 heavy (non-hydrogen) atoms. The zero-order valence-electron chi connectivity index (χ0n) is 21.4. The molecule has 12 nitrogen and oxygen atoms in total. The highest BCUT2D eigenvalue weighted by Crippen LogP contribution is 2.48. The number of nitrogens with two attached hydrogens (primary N) is 1. The van der Waals surface area contributed by atoms with Gasteiger partial charge in [-0.25, -0.2) is 4.79 Å². The normalized spacial score (nSPS) is 21.8. The van der Waals surface area contributed by atoms with Crippen molar-refractivity contribution in [2.24, 2.45) is 5.73 Å². The number of rotatable bonds is 12. The van der Waals surface area contributed by atoms with Crippen molar-refractivity contribution in [1.82, 2.24) is 0 Å². The molecule has 3 rings (SSSR count). The number of hydrogen-bond acceptors (Lipinski definition) is 11. The number of hydrogen-bond donors (Lipinski definition) is 1.